The van der Waals surface area contributed by atoms with Gasteiger partial charge in [-0.2, -0.15) is 0 Å². The maximum absolute atomic E-state index is 12.9. The first-order valence-corrected chi connectivity index (χ1v) is 10.7. The van der Waals surface area contributed by atoms with Crippen molar-refractivity contribution in [2.75, 3.05) is 19.6 Å². The van der Waals surface area contributed by atoms with Crippen LogP contribution in [-0.2, 0) is 17.9 Å². The molecule has 4 rings (SSSR count). The average molecular weight is 369 g/mol. The van der Waals surface area contributed by atoms with Crippen molar-refractivity contribution >= 4 is 16.8 Å². The van der Waals surface area contributed by atoms with Crippen molar-refractivity contribution in [3.8, 4) is 0 Å². The number of hydrogen-bond donors (Lipinski definition) is 1. The number of piperidine rings is 1. The normalized spacial score (nSPS) is 19.6. The van der Waals surface area contributed by atoms with Gasteiger partial charge in [0.15, 0.2) is 5.78 Å². The Morgan fingerprint density at radius 2 is 1.52 bits per heavy atom. The molecule has 2 heterocycles. The number of fused-ring (bicyclic) bond motifs is 1. The summed E-state index contributed by atoms with van der Waals surface area (Å²) in [4.78, 5) is 15.4. The highest BCUT2D eigenvalue weighted by atomic mass is 16.1. The third-order valence-corrected chi connectivity index (χ3v) is 6.44. The van der Waals surface area contributed by atoms with E-state index in [1.165, 1.54) is 51.6 Å². The maximum Gasteiger partial charge on any atom is 0.203 e. The number of para-hydroxylation sites is 2. The number of aromatic nitrogens is 2. The number of rotatable bonds is 6. The fourth-order valence-corrected chi connectivity index (χ4v) is 4.81. The molecule has 2 fully saturated rings. The van der Waals surface area contributed by atoms with Crippen LogP contribution in [0, 0.1) is 11.3 Å². The van der Waals surface area contributed by atoms with E-state index in [0.29, 0.717) is 17.9 Å². The third-order valence-electron chi connectivity index (χ3n) is 6.44. The summed E-state index contributed by atoms with van der Waals surface area (Å²) in [6, 6.07) is 8.19. The quantitative estimate of drug-likeness (QED) is 0.848. The molecule has 1 saturated carbocycles. The Hall–Kier alpha value is -1.88. The van der Waals surface area contributed by atoms with Gasteiger partial charge in [0.2, 0.25) is 5.62 Å². The van der Waals surface area contributed by atoms with Crippen LogP contribution < -0.4 is 5.62 Å². The molecule has 1 aromatic heterocycles. The highest BCUT2D eigenvalue weighted by Crippen LogP contribution is 2.25. The summed E-state index contributed by atoms with van der Waals surface area (Å²) >= 11 is 0. The Morgan fingerprint density at radius 3 is 2.22 bits per heavy atom. The van der Waals surface area contributed by atoms with E-state index in [-0.39, 0.29) is 5.92 Å². The van der Waals surface area contributed by atoms with E-state index in [2.05, 4.69) is 21.6 Å². The zero-order valence-corrected chi connectivity index (χ0v) is 16.3. The highest BCUT2D eigenvalue weighted by Gasteiger charge is 2.23. The SMILES string of the molecule is N=c1n(CCN2CCCCC2)c2ccccc2n1CC(=O)C1CCCCC1. The number of carbonyl (C=O) groups excluding carboxylic acids is 1. The van der Waals surface area contributed by atoms with Crippen LogP contribution in [0.1, 0.15) is 51.4 Å². The van der Waals surface area contributed by atoms with E-state index in [0.717, 1.165) is 37.0 Å². The standard InChI is InChI=1S/C22H32N4O/c23-22-25(16-15-24-13-7-2-8-14-24)19-11-5-6-12-20(19)26(22)17-21(27)18-9-3-1-4-10-18/h5-6,11-12,18,23H,1-4,7-10,13-17H2. The molecule has 1 saturated heterocycles. The molecule has 0 spiro atoms. The smallest absolute Gasteiger partial charge is 0.203 e. The Balaban J connectivity index is 1.56. The van der Waals surface area contributed by atoms with Gasteiger partial charge in [0.05, 0.1) is 17.6 Å². The van der Waals surface area contributed by atoms with E-state index in [1.807, 2.05) is 16.7 Å². The Morgan fingerprint density at radius 1 is 0.889 bits per heavy atom. The molecule has 1 aliphatic heterocycles. The number of hydrogen-bond acceptors (Lipinski definition) is 3. The van der Waals surface area contributed by atoms with Crippen LogP contribution in [-0.4, -0.2) is 39.5 Å². The van der Waals surface area contributed by atoms with Gasteiger partial charge in [-0.1, -0.05) is 37.8 Å². The van der Waals surface area contributed by atoms with Crippen molar-refractivity contribution in [2.45, 2.75) is 64.5 Å². The van der Waals surface area contributed by atoms with Crippen molar-refractivity contribution < 1.29 is 4.79 Å². The van der Waals surface area contributed by atoms with E-state index >= 15 is 0 Å². The van der Waals surface area contributed by atoms with E-state index in [1.54, 1.807) is 0 Å². The molecule has 1 aromatic carbocycles. The van der Waals surface area contributed by atoms with Crippen molar-refractivity contribution in [1.29, 1.82) is 5.41 Å². The molecule has 0 unspecified atom stereocenters. The molecule has 5 nitrogen and oxygen atoms in total. The van der Waals surface area contributed by atoms with E-state index in [4.69, 9.17) is 5.41 Å². The van der Waals surface area contributed by atoms with Crippen LogP contribution in [0.2, 0.25) is 0 Å². The van der Waals surface area contributed by atoms with Gasteiger partial charge in [-0.25, -0.2) is 0 Å². The summed E-state index contributed by atoms with van der Waals surface area (Å²) in [7, 11) is 0. The molecule has 2 aromatic rings. The summed E-state index contributed by atoms with van der Waals surface area (Å²) in [5.74, 6) is 0.508. The molecule has 27 heavy (non-hydrogen) atoms. The molecule has 1 aliphatic carbocycles. The first-order chi connectivity index (χ1) is 13.2. The van der Waals surface area contributed by atoms with Crippen LogP contribution >= 0.6 is 0 Å². The molecule has 1 N–H and O–H groups in total. The number of imidazole rings is 1. The lowest BCUT2D eigenvalue weighted by atomic mass is 9.86. The van der Waals surface area contributed by atoms with E-state index < -0.39 is 0 Å². The van der Waals surface area contributed by atoms with Crippen LogP contribution in [0.25, 0.3) is 11.0 Å². The van der Waals surface area contributed by atoms with Crippen LogP contribution in [0.15, 0.2) is 24.3 Å². The fraction of sp³-hybridized carbons (Fsp3) is 0.636. The third kappa shape index (κ3) is 4.03. The predicted octanol–water partition coefficient (Wildman–Crippen LogP) is 3.56. The largest absolute Gasteiger partial charge is 0.309 e. The van der Waals surface area contributed by atoms with Crippen LogP contribution in [0.3, 0.4) is 0 Å². The van der Waals surface area contributed by atoms with Crippen molar-refractivity contribution in [1.82, 2.24) is 14.0 Å². The minimum Gasteiger partial charge on any atom is -0.309 e. The van der Waals surface area contributed by atoms with Crippen molar-refractivity contribution in [3.05, 3.63) is 29.9 Å². The number of likely N-dealkylation sites (tertiary alicyclic amines) is 1. The molecular weight excluding hydrogens is 336 g/mol. The summed E-state index contributed by atoms with van der Waals surface area (Å²) in [5, 5.41) is 8.75. The summed E-state index contributed by atoms with van der Waals surface area (Å²) < 4.78 is 4.03. The Bertz CT molecular complexity index is 838. The number of nitrogens with zero attached hydrogens (tertiary/aromatic N) is 3. The number of benzene rings is 1. The summed E-state index contributed by atoms with van der Waals surface area (Å²) in [5.41, 5.74) is 2.57. The molecule has 5 heteroatoms. The van der Waals surface area contributed by atoms with Gasteiger partial charge in [-0.3, -0.25) is 10.2 Å². The second kappa shape index (κ2) is 8.42. The van der Waals surface area contributed by atoms with Gasteiger partial charge < -0.3 is 14.0 Å². The molecule has 0 atom stereocenters. The minimum atomic E-state index is 0.195. The first-order valence-electron chi connectivity index (χ1n) is 10.7. The number of carbonyl (C=O) groups is 1. The van der Waals surface area contributed by atoms with Crippen molar-refractivity contribution in [3.63, 3.8) is 0 Å². The topological polar surface area (TPSA) is 54.0 Å². The van der Waals surface area contributed by atoms with Gasteiger partial charge in [-0.05, 0) is 50.9 Å². The lowest BCUT2D eigenvalue weighted by molar-refractivity contribution is -0.124. The lowest BCUT2D eigenvalue weighted by Crippen LogP contribution is -2.36. The zero-order chi connectivity index (χ0) is 18.6. The van der Waals surface area contributed by atoms with Crippen LogP contribution in [0.5, 0.6) is 0 Å². The van der Waals surface area contributed by atoms with Gasteiger partial charge in [0.25, 0.3) is 0 Å². The fourth-order valence-electron chi connectivity index (χ4n) is 4.81. The highest BCUT2D eigenvalue weighted by molar-refractivity contribution is 5.83. The second-order valence-corrected chi connectivity index (χ2v) is 8.25. The van der Waals surface area contributed by atoms with Gasteiger partial charge >= 0.3 is 0 Å². The Labute approximate surface area is 161 Å². The minimum absolute atomic E-state index is 0.195. The lowest BCUT2D eigenvalue weighted by Gasteiger charge is -2.26. The molecular formula is C22H32N4O. The van der Waals surface area contributed by atoms with Crippen LogP contribution in [0.4, 0.5) is 0 Å². The second-order valence-electron chi connectivity index (χ2n) is 8.25. The molecule has 146 valence electrons. The van der Waals surface area contributed by atoms with Crippen molar-refractivity contribution in [2.24, 2.45) is 5.92 Å². The number of nitrogens with one attached hydrogen (secondary N) is 1. The Kier molecular flexibility index (Phi) is 5.77. The number of Topliss-reactive ketones (excluding diaryl/α,β-unsaturated/α-hetero) is 1. The predicted molar refractivity (Wildman–Crippen MR) is 108 cm³/mol. The molecule has 0 bridgehead atoms. The molecule has 0 radical (unpaired) electrons. The molecule has 2 aliphatic rings. The van der Waals surface area contributed by atoms with Gasteiger partial charge in [-0.15, -0.1) is 0 Å². The van der Waals surface area contributed by atoms with Gasteiger partial charge in [0, 0.05) is 19.0 Å². The monoisotopic (exact) mass is 368 g/mol. The zero-order valence-electron chi connectivity index (χ0n) is 16.3. The first kappa shape index (κ1) is 18.5. The van der Waals surface area contributed by atoms with E-state index in [9.17, 15) is 4.79 Å². The number of ketones is 1. The maximum atomic E-state index is 12.9. The van der Waals surface area contributed by atoms with Gasteiger partial charge in [0.1, 0.15) is 0 Å². The summed E-state index contributed by atoms with van der Waals surface area (Å²) in [6.07, 6.45) is 9.58. The average Bonchev–Trinajstić information content (AvgIpc) is 2.99. The molecule has 0 amide bonds. The summed E-state index contributed by atoms with van der Waals surface area (Å²) in [6.45, 7) is 4.51.